The predicted octanol–water partition coefficient (Wildman–Crippen LogP) is 2.71. The van der Waals surface area contributed by atoms with Crippen LogP contribution < -0.4 is 10.6 Å². The molecule has 1 aliphatic rings. The maximum atomic E-state index is 11.9. The average molecular weight is 297 g/mol. The fraction of sp³-hybridized carbons (Fsp3) is 0.429. The van der Waals surface area contributed by atoms with E-state index in [1.165, 1.54) is 0 Å². The number of benzene rings is 1. The van der Waals surface area contributed by atoms with Gasteiger partial charge in [-0.05, 0) is 43.9 Å². The first-order valence-electron chi connectivity index (χ1n) is 6.50. The molecule has 108 valence electrons. The second kappa shape index (κ2) is 5.71. The Balaban J connectivity index is 1.96. The normalized spacial score (nSPS) is 17.7. The van der Waals surface area contributed by atoms with Crippen LogP contribution in [-0.4, -0.2) is 22.6 Å². The van der Waals surface area contributed by atoms with Crippen LogP contribution in [0.3, 0.4) is 0 Å². The highest BCUT2D eigenvalue weighted by atomic mass is 35.5. The number of halogens is 1. The van der Waals surface area contributed by atoms with Gasteiger partial charge in [-0.1, -0.05) is 23.7 Å². The second-order valence-corrected chi connectivity index (χ2v) is 5.55. The van der Waals surface area contributed by atoms with E-state index in [0.29, 0.717) is 17.9 Å². The molecule has 20 heavy (non-hydrogen) atoms. The van der Waals surface area contributed by atoms with E-state index in [1.54, 1.807) is 18.2 Å². The van der Waals surface area contributed by atoms with Gasteiger partial charge in [0.1, 0.15) is 5.54 Å². The summed E-state index contributed by atoms with van der Waals surface area (Å²) in [6, 6.07) is 6.46. The van der Waals surface area contributed by atoms with E-state index in [4.69, 9.17) is 16.7 Å². The van der Waals surface area contributed by atoms with Gasteiger partial charge in [-0.15, -0.1) is 0 Å². The van der Waals surface area contributed by atoms with Crippen LogP contribution in [0.2, 0.25) is 5.02 Å². The molecule has 0 saturated heterocycles. The van der Waals surface area contributed by atoms with Gasteiger partial charge >= 0.3 is 12.0 Å². The quantitative estimate of drug-likeness (QED) is 0.799. The largest absolute Gasteiger partial charge is 0.480 e. The van der Waals surface area contributed by atoms with Crippen LogP contribution in [-0.2, 0) is 4.79 Å². The monoisotopic (exact) mass is 296 g/mol. The van der Waals surface area contributed by atoms with Crippen molar-refractivity contribution in [1.82, 2.24) is 10.6 Å². The molecule has 2 amide bonds. The first-order chi connectivity index (χ1) is 9.43. The topological polar surface area (TPSA) is 78.4 Å². The van der Waals surface area contributed by atoms with E-state index in [1.807, 2.05) is 13.0 Å². The van der Waals surface area contributed by atoms with Gasteiger partial charge in [-0.2, -0.15) is 0 Å². The Morgan fingerprint density at radius 2 is 2.10 bits per heavy atom. The van der Waals surface area contributed by atoms with E-state index in [2.05, 4.69) is 10.6 Å². The van der Waals surface area contributed by atoms with Crippen LogP contribution in [0, 0.1) is 0 Å². The van der Waals surface area contributed by atoms with Crippen molar-refractivity contribution >= 4 is 23.6 Å². The number of hydrogen-bond donors (Lipinski definition) is 3. The number of nitrogens with one attached hydrogen (secondary N) is 2. The first-order valence-corrected chi connectivity index (χ1v) is 6.88. The summed E-state index contributed by atoms with van der Waals surface area (Å²) in [6.07, 6.45) is 1.76. The van der Waals surface area contributed by atoms with E-state index < -0.39 is 17.5 Å². The van der Waals surface area contributed by atoms with Gasteiger partial charge in [0.15, 0.2) is 0 Å². The zero-order valence-corrected chi connectivity index (χ0v) is 11.9. The Bertz CT molecular complexity index is 529. The number of carboxylic acids is 1. The second-order valence-electron chi connectivity index (χ2n) is 5.12. The van der Waals surface area contributed by atoms with Gasteiger partial charge in [-0.25, -0.2) is 9.59 Å². The molecular weight excluding hydrogens is 280 g/mol. The van der Waals surface area contributed by atoms with Crippen LogP contribution >= 0.6 is 11.6 Å². The molecule has 0 radical (unpaired) electrons. The number of carboxylic acid groups (broad SMARTS) is 1. The summed E-state index contributed by atoms with van der Waals surface area (Å²) in [5.41, 5.74) is -0.233. The summed E-state index contributed by atoms with van der Waals surface area (Å²) in [5, 5.41) is 15.0. The standard InChI is InChI=1S/C14H17ClN2O3/c1-9(10-4-2-5-11(15)8-10)16-13(20)17-14(12(18)19)6-3-7-14/h2,4-5,8-9H,3,6-7H2,1H3,(H,18,19)(H2,16,17,20). The molecule has 1 saturated carbocycles. The maximum absolute atomic E-state index is 11.9. The molecule has 1 atom stereocenters. The summed E-state index contributed by atoms with van der Waals surface area (Å²) in [4.78, 5) is 23.1. The van der Waals surface area contributed by atoms with Crippen LogP contribution in [0.5, 0.6) is 0 Å². The van der Waals surface area contributed by atoms with Crippen LogP contribution in [0.25, 0.3) is 0 Å². The van der Waals surface area contributed by atoms with Crippen molar-refractivity contribution in [3.63, 3.8) is 0 Å². The zero-order chi connectivity index (χ0) is 14.8. The molecule has 0 spiro atoms. The van der Waals surface area contributed by atoms with Crippen LogP contribution in [0.4, 0.5) is 4.79 Å². The highest BCUT2D eigenvalue weighted by Crippen LogP contribution is 2.32. The molecule has 1 aromatic rings. The lowest BCUT2D eigenvalue weighted by molar-refractivity contribution is -0.148. The van der Waals surface area contributed by atoms with Gasteiger partial charge in [0.25, 0.3) is 0 Å². The lowest BCUT2D eigenvalue weighted by Gasteiger charge is -2.38. The summed E-state index contributed by atoms with van der Waals surface area (Å²) < 4.78 is 0. The van der Waals surface area contributed by atoms with Gasteiger partial charge in [-0.3, -0.25) is 0 Å². The summed E-state index contributed by atoms with van der Waals surface area (Å²) >= 11 is 5.90. The number of carbonyl (C=O) groups is 2. The lowest BCUT2D eigenvalue weighted by atomic mass is 9.77. The van der Waals surface area contributed by atoms with E-state index in [9.17, 15) is 9.59 Å². The highest BCUT2D eigenvalue weighted by molar-refractivity contribution is 6.30. The van der Waals surface area contributed by atoms with Crippen molar-refractivity contribution in [1.29, 1.82) is 0 Å². The fourth-order valence-corrected chi connectivity index (χ4v) is 2.43. The first kappa shape index (κ1) is 14.7. The van der Waals surface area contributed by atoms with Crippen molar-refractivity contribution in [3.8, 4) is 0 Å². The molecule has 1 aromatic carbocycles. The molecule has 3 N–H and O–H groups in total. The average Bonchev–Trinajstić information content (AvgIpc) is 2.33. The van der Waals surface area contributed by atoms with Crippen LogP contribution in [0.15, 0.2) is 24.3 Å². The van der Waals surface area contributed by atoms with Gasteiger partial charge in [0.05, 0.1) is 6.04 Å². The minimum atomic E-state index is -1.10. The Kier molecular flexibility index (Phi) is 4.18. The third-order valence-corrected chi connectivity index (χ3v) is 3.90. The van der Waals surface area contributed by atoms with Gasteiger partial charge in [0, 0.05) is 5.02 Å². The molecule has 1 unspecified atom stereocenters. The fourth-order valence-electron chi connectivity index (χ4n) is 2.23. The van der Waals surface area contributed by atoms with Gasteiger partial charge < -0.3 is 15.7 Å². The third kappa shape index (κ3) is 3.04. The number of aliphatic carboxylic acids is 1. The lowest BCUT2D eigenvalue weighted by Crippen LogP contribution is -2.61. The molecule has 0 heterocycles. The number of carbonyl (C=O) groups excluding carboxylic acids is 1. The van der Waals surface area contributed by atoms with E-state index >= 15 is 0 Å². The molecule has 0 bridgehead atoms. The Morgan fingerprint density at radius 3 is 2.60 bits per heavy atom. The summed E-state index contributed by atoms with van der Waals surface area (Å²) in [6.45, 7) is 1.82. The summed E-state index contributed by atoms with van der Waals surface area (Å²) in [7, 11) is 0. The Morgan fingerprint density at radius 1 is 1.40 bits per heavy atom. The molecule has 0 aliphatic heterocycles. The SMILES string of the molecule is CC(NC(=O)NC1(C(=O)O)CCC1)c1cccc(Cl)c1. The van der Waals surface area contributed by atoms with Crippen LogP contribution in [0.1, 0.15) is 37.8 Å². The highest BCUT2D eigenvalue weighted by Gasteiger charge is 2.45. The molecule has 2 rings (SSSR count). The third-order valence-electron chi connectivity index (χ3n) is 3.67. The molecule has 1 fully saturated rings. The molecular formula is C14H17ClN2O3. The van der Waals surface area contributed by atoms with Crippen molar-refractivity contribution in [2.45, 2.75) is 37.8 Å². The van der Waals surface area contributed by atoms with Crippen molar-refractivity contribution < 1.29 is 14.7 Å². The Hall–Kier alpha value is -1.75. The number of amides is 2. The predicted molar refractivity (Wildman–Crippen MR) is 75.8 cm³/mol. The van der Waals surface area contributed by atoms with Crippen molar-refractivity contribution in [2.75, 3.05) is 0 Å². The van der Waals surface area contributed by atoms with E-state index in [0.717, 1.165) is 12.0 Å². The molecule has 1 aliphatic carbocycles. The molecule has 6 heteroatoms. The number of hydrogen-bond acceptors (Lipinski definition) is 2. The summed E-state index contributed by atoms with van der Waals surface area (Å²) in [5.74, 6) is -0.977. The van der Waals surface area contributed by atoms with Crippen molar-refractivity contribution in [3.05, 3.63) is 34.9 Å². The molecule has 5 nitrogen and oxygen atoms in total. The van der Waals surface area contributed by atoms with Crippen molar-refractivity contribution in [2.24, 2.45) is 0 Å². The minimum Gasteiger partial charge on any atom is -0.480 e. The smallest absolute Gasteiger partial charge is 0.329 e. The zero-order valence-electron chi connectivity index (χ0n) is 11.1. The van der Waals surface area contributed by atoms with Gasteiger partial charge in [0.2, 0.25) is 0 Å². The number of rotatable bonds is 4. The number of urea groups is 1. The maximum Gasteiger partial charge on any atom is 0.329 e. The Labute approximate surface area is 122 Å². The minimum absolute atomic E-state index is 0.250. The molecule has 0 aromatic heterocycles. The van der Waals surface area contributed by atoms with E-state index in [-0.39, 0.29) is 6.04 Å².